The molecule has 0 aliphatic carbocycles. The highest BCUT2D eigenvalue weighted by Crippen LogP contribution is 2.22. The molecule has 0 bridgehead atoms. The maximum Gasteiger partial charge on any atom is 0.0207 e. The average Bonchev–Trinajstić information content (AvgIpc) is 2.33. The third-order valence-corrected chi connectivity index (χ3v) is 4.18. The molecule has 1 aliphatic heterocycles. The first-order valence-corrected chi connectivity index (χ1v) is 6.76. The molecule has 1 saturated heterocycles. The Hall–Kier alpha value is -0.380. The van der Waals surface area contributed by atoms with Crippen LogP contribution in [0.5, 0.6) is 0 Å². The molecule has 2 rings (SSSR count). The van der Waals surface area contributed by atoms with E-state index in [2.05, 4.69) is 39.4 Å². The molecule has 0 amide bonds. The average molecular weight is 283 g/mol. The number of rotatable bonds is 3. The molecule has 1 atom stereocenters. The smallest absolute Gasteiger partial charge is 0.0207 e. The molecule has 16 heavy (non-hydrogen) atoms. The van der Waals surface area contributed by atoms with E-state index in [1.807, 2.05) is 6.07 Å². The standard InChI is InChI=1S/C13H19BrN2/c14-12-4-2-1-3-11(12)9-13(15)10-5-7-16-8-6-10/h1-4,10,13,16H,5-9,15H2. The van der Waals surface area contributed by atoms with Crippen LogP contribution < -0.4 is 11.1 Å². The first kappa shape index (κ1) is 12.1. The van der Waals surface area contributed by atoms with Gasteiger partial charge in [0.25, 0.3) is 0 Å². The fraction of sp³-hybridized carbons (Fsp3) is 0.538. The summed E-state index contributed by atoms with van der Waals surface area (Å²) in [5, 5.41) is 3.38. The molecule has 0 radical (unpaired) electrons. The molecule has 1 fully saturated rings. The zero-order chi connectivity index (χ0) is 11.4. The molecule has 3 heteroatoms. The Labute approximate surface area is 106 Å². The summed E-state index contributed by atoms with van der Waals surface area (Å²) in [6.07, 6.45) is 3.41. The zero-order valence-electron chi connectivity index (χ0n) is 9.45. The summed E-state index contributed by atoms with van der Waals surface area (Å²) in [4.78, 5) is 0. The lowest BCUT2D eigenvalue weighted by Crippen LogP contribution is -2.39. The third kappa shape index (κ3) is 3.06. The van der Waals surface area contributed by atoms with E-state index in [0.717, 1.165) is 19.5 Å². The minimum atomic E-state index is 0.292. The normalized spacial score (nSPS) is 19.6. The van der Waals surface area contributed by atoms with Crippen LogP contribution in [0.25, 0.3) is 0 Å². The van der Waals surface area contributed by atoms with E-state index < -0.39 is 0 Å². The molecule has 1 aliphatic rings. The summed E-state index contributed by atoms with van der Waals surface area (Å²) in [5.74, 6) is 0.674. The molecule has 1 aromatic carbocycles. The van der Waals surface area contributed by atoms with Crippen LogP contribution in [-0.4, -0.2) is 19.1 Å². The lowest BCUT2D eigenvalue weighted by molar-refractivity contribution is 0.316. The summed E-state index contributed by atoms with van der Waals surface area (Å²) in [7, 11) is 0. The highest BCUT2D eigenvalue weighted by molar-refractivity contribution is 9.10. The van der Waals surface area contributed by atoms with Crippen molar-refractivity contribution in [2.75, 3.05) is 13.1 Å². The van der Waals surface area contributed by atoms with Crippen molar-refractivity contribution in [3.05, 3.63) is 34.3 Å². The van der Waals surface area contributed by atoms with Crippen molar-refractivity contribution in [3.63, 3.8) is 0 Å². The van der Waals surface area contributed by atoms with E-state index in [-0.39, 0.29) is 0 Å². The van der Waals surface area contributed by atoms with E-state index in [0.29, 0.717) is 12.0 Å². The van der Waals surface area contributed by atoms with E-state index in [1.54, 1.807) is 0 Å². The van der Waals surface area contributed by atoms with Crippen molar-refractivity contribution in [1.29, 1.82) is 0 Å². The second-order valence-corrected chi connectivity index (χ2v) is 5.40. The van der Waals surface area contributed by atoms with Crippen molar-refractivity contribution in [1.82, 2.24) is 5.32 Å². The molecule has 1 heterocycles. The van der Waals surface area contributed by atoms with Crippen molar-refractivity contribution >= 4 is 15.9 Å². The molecule has 1 aromatic rings. The van der Waals surface area contributed by atoms with Gasteiger partial charge in [-0.3, -0.25) is 0 Å². The third-order valence-electron chi connectivity index (χ3n) is 3.40. The number of hydrogen-bond donors (Lipinski definition) is 2. The number of halogens is 1. The van der Waals surface area contributed by atoms with Gasteiger partial charge in [0.05, 0.1) is 0 Å². The van der Waals surface area contributed by atoms with Crippen molar-refractivity contribution < 1.29 is 0 Å². The van der Waals surface area contributed by atoms with Crippen LogP contribution in [0.1, 0.15) is 18.4 Å². The maximum absolute atomic E-state index is 6.30. The van der Waals surface area contributed by atoms with Crippen molar-refractivity contribution in [2.24, 2.45) is 11.7 Å². The molecule has 0 aromatic heterocycles. The van der Waals surface area contributed by atoms with Gasteiger partial charge in [-0.05, 0) is 49.9 Å². The minimum Gasteiger partial charge on any atom is -0.327 e. The summed E-state index contributed by atoms with van der Waals surface area (Å²) in [5.41, 5.74) is 7.63. The lowest BCUT2D eigenvalue weighted by Gasteiger charge is -2.28. The highest BCUT2D eigenvalue weighted by Gasteiger charge is 2.20. The fourth-order valence-corrected chi connectivity index (χ4v) is 2.80. The summed E-state index contributed by atoms with van der Waals surface area (Å²) in [6, 6.07) is 8.66. The van der Waals surface area contributed by atoms with Gasteiger partial charge in [-0.25, -0.2) is 0 Å². The molecule has 88 valence electrons. The van der Waals surface area contributed by atoms with Gasteiger partial charge in [0.2, 0.25) is 0 Å². The Morgan fingerprint density at radius 3 is 2.69 bits per heavy atom. The van der Waals surface area contributed by atoms with Crippen LogP contribution in [0.15, 0.2) is 28.7 Å². The van der Waals surface area contributed by atoms with Crippen LogP contribution in [0.4, 0.5) is 0 Å². The number of piperidine rings is 1. The van der Waals surface area contributed by atoms with E-state index in [4.69, 9.17) is 5.73 Å². The molecule has 3 N–H and O–H groups in total. The van der Waals surface area contributed by atoms with Gasteiger partial charge in [0.15, 0.2) is 0 Å². The SMILES string of the molecule is NC(Cc1ccccc1Br)C1CCNCC1. The molecular weight excluding hydrogens is 264 g/mol. The summed E-state index contributed by atoms with van der Waals surface area (Å²) in [6.45, 7) is 2.24. The molecule has 0 saturated carbocycles. The van der Waals surface area contributed by atoms with Gasteiger partial charge >= 0.3 is 0 Å². The van der Waals surface area contributed by atoms with Crippen molar-refractivity contribution in [2.45, 2.75) is 25.3 Å². The Bertz CT molecular complexity index is 334. The van der Waals surface area contributed by atoms with E-state index >= 15 is 0 Å². The highest BCUT2D eigenvalue weighted by atomic mass is 79.9. The maximum atomic E-state index is 6.30. The Morgan fingerprint density at radius 1 is 1.31 bits per heavy atom. The van der Waals surface area contributed by atoms with Gasteiger partial charge in [0, 0.05) is 10.5 Å². The minimum absolute atomic E-state index is 0.292. The van der Waals surface area contributed by atoms with Crippen LogP contribution >= 0.6 is 15.9 Å². The van der Waals surface area contributed by atoms with Gasteiger partial charge in [0.1, 0.15) is 0 Å². The predicted octanol–water partition coefficient (Wildman–Crippen LogP) is 2.32. The Morgan fingerprint density at radius 2 is 2.00 bits per heavy atom. The first-order chi connectivity index (χ1) is 7.77. The fourth-order valence-electron chi connectivity index (χ4n) is 2.36. The lowest BCUT2D eigenvalue weighted by atomic mass is 9.87. The zero-order valence-corrected chi connectivity index (χ0v) is 11.0. The topological polar surface area (TPSA) is 38.0 Å². The molecule has 1 unspecified atom stereocenters. The summed E-state index contributed by atoms with van der Waals surface area (Å²) >= 11 is 3.58. The molecular formula is C13H19BrN2. The van der Waals surface area contributed by atoms with Crippen LogP contribution in [0.2, 0.25) is 0 Å². The first-order valence-electron chi connectivity index (χ1n) is 5.97. The number of nitrogens with two attached hydrogens (primary N) is 1. The van der Waals surface area contributed by atoms with E-state index in [1.165, 1.54) is 22.9 Å². The Balaban J connectivity index is 1.96. The molecule has 2 nitrogen and oxygen atoms in total. The van der Waals surface area contributed by atoms with Gasteiger partial charge in [-0.2, -0.15) is 0 Å². The number of benzene rings is 1. The van der Waals surface area contributed by atoms with Gasteiger partial charge in [-0.1, -0.05) is 34.1 Å². The summed E-state index contributed by atoms with van der Waals surface area (Å²) < 4.78 is 1.18. The number of nitrogens with one attached hydrogen (secondary N) is 1. The molecule has 0 spiro atoms. The number of hydrogen-bond acceptors (Lipinski definition) is 2. The van der Waals surface area contributed by atoms with Crippen LogP contribution in [0, 0.1) is 5.92 Å². The quantitative estimate of drug-likeness (QED) is 0.893. The van der Waals surface area contributed by atoms with Crippen LogP contribution in [-0.2, 0) is 6.42 Å². The predicted molar refractivity (Wildman–Crippen MR) is 71.4 cm³/mol. The monoisotopic (exact) mass is 282 g/mol. The van der Waals surface area contributed by atoms with Gasteiger partial charge in [-0.15, -0.1) is 0 Å². The van der Waals surface area contributed by atoms with Crippen LogP contribution in [0.3, 0.4) is 0 Å². The second kappa shape index (κ2) is 5.80. The second-order valence-electron chi connectivity index (χ2n) is 4.55. The van der Waals surface area contributed by atoms with Gasteiger partial charge < -0.3 is 11.1 Å². The largest absolute Gasteiger partial charge is 0.327 e. The van der Waals surface area contributed by atoms with E-state index in [9.17, 15) is 0 Å². The Kier molecular flexibility index (Phi) is 4.38. The van der Waals surface area contributed by atoms with Crippen molar-refractivity contribution in [3.8, 4) is 0 Å².